The number of carbonyl (C=O) groups is 1. The smallest absolute Gasteiger partial charge is 0.342 e. The van der Waals surface area contributed by atoms with E-state index in [-0.39, 0.29) is 28.3 Å². The lowest BCUT2D eigenvalue weighted by Gasteiger charge is -2.31. The quantitative estimate of drug-likeness (QED) is 0.509. The molecule has 1 amide bonds. The number of H-pyrrole nitrogens is 2. The van der Waals surface area contributed by atoms with E-state index in [9.17, 15) is 18.0 Å². The van der Waals surface area contributed by atoms with Gasteiger partial charge in [-0.1, -0.05) is 12.1 Å². The number of benzene rings is 2. The zero-order valence-electron chi connectivity index (χ0n) is 15.8. The lowest BCUT2D eigenvalue weighted by atomic mass is 9.95. The number of amides is 1. The van der Waals surface area contributed by atoms with Crippen molar-refractivity contribution in [1.82, 2.24) is 25.1 Å². The minimum atomic E-state index is -4.55. The second-order valence-corrected chi connectivity index (χ2v) is 7.53. The van der Waals surface area contributed by atoms with Gasteiger partial charge in [-0.3, -0.25) is 9.89 Å². The summed E-state index contributed by atoms with van der Waals surface area (Å²) < 4.78 is 39.4. The number of piperidine rings is 1. The average Bonchev–Trinajstić information content (AvgIpc) is 3.37. The number of imidazole rings is 1. The van der Waals surface area contributed by atoms with Crippen LogP contribution in [-0.4, -0.2) is 44.1 Å². The molecule has 1 aliphatic rings. The summed E-state index contributed by atoms with van der Waals surface area (Å²) >= 11 is 0. The van der Waals surface area contributed by atoms with Gasteiger partial charge in [0.2, 0.25) is 0 Å². The normalized spacial score (nSPS) is 15.9. The van der Waals surface area contributed by atoms with E-state index in [1.807, 2.05) is 29.4 Å². The molecule has 0 aliphatic carbocycles. The summed E-state index contributed by atoms with van der Waals surface area (Å²) in [4.78, 5) is 22.6. The molecule has 0 bridgehead atoms. The lowest BCUT2D eigenvalue weighted by Crippen LogP contribution is -2.38. The Morgan fingerprint density at radius 2 is 1.83 bits per heavy atom. The highest BCUT2D eigenvalue weighted by Gasteiger charge is 2.35. The van der Waals surface area contributed by atoms with E-state index in [2.05, 4.69) is 15.1 Å². The molecule has 0 atom stereocenters. The molecule has 0 radical (unpaired) electrons. The Bertz CT molecular complexity index is 1200. The Hall–Kier alpha value is -3.36. The van der Waals surface area contributed by atoms with Gasteiger partial charge in [0.15, 0.2) is 0 Å². The van der Waals surface area contributed by atoms with Gasteiger partial charge in [0.25, 0.3) is 5.91 Å². The van der Waals surface area contributed by atoms with Gasteiger partial charge in [-0.2, -0.15) is 18.3 Å². The molecule has 2 aromatic carbocycles. The van der Waals surface area contributed by atoms with Crippen LogP contribution in [0.15, 0.2) is 42.5 Å². The average molecular weight is 413 g/mol. The van der Waals surface area contributed by atoms with Crippen molar-refractivity contribution in [2.75, 3.05) is 13.1 Å². The van der Waals surface area contributed by atoms with Crippen molar-refractivity contribution in [2.45, 2.75) is 24.9 Å². The summed E-state index contributed by atoms with van der Waals surface area (Å²) in [7, 11) is 0. The third-order valence-corrected chi connectivity index (χ3v) is 5.66. The molecule has 3 heterocycles. The van der Waals surface area contributed by atoms with Gasteiger partial charge >= 0.3 is 6.18 Å². The Morgan fingerprint density at radius 3 is 2.57 bits per heavy atom. The molecule has 1 fully saturated rings. The molecule has 4 aromatic rings. The molecule has 9 heteroatoms. The van der Waals surface area contributed by atoms with E-state index in [0.717, 1.165) is 29.7 Å². The second-order valence-electron chi connectivity index (χ2n) is 7.53. The molecule has 5 rings (SSSR count). The zero-order chi connectivity index (χ0) is 20.9. The molecule has 0 saturated carbocycles. The van der Waals surface area contributed by atoms with Crippen molar-refractivity contribution in [2.24, 2.45) is 0 Å². The fraction of sp³-hybridized carbons (Fsp3) is 0.286. The maximum Gasteiger partial charge on any atom is 0.433 e. The SMILES string of the molecule is O=C(c1ccc2n[nH]c(C(F)(F)F)c2c1)N1CCC(c2nc3ccccc3[nH]2)CC1. The van der Waals surface area contributed by atoms with Gasteiger partial charge < -0.3 is 9.88 Å². The number of nitrogens with zero attached hydrogens (tertiary/aromatic N) is 3. The number of fused-ring (bicyclic) bond motifs is 2. The Balaban J connectivity index is 1.33. The third-order valence-electron chi connectivity index (χ3n) is 5.66. The second kappa shape index (κ2) is 6.86. The zero-order valence-corrected chi connectivity index (χ0v) is 15.8. The number of para-hydroxylation sites is 2. The van der Waals surface area contributed by atoms with Crippen molar-refractivity contribution in [3.8, 4) is 0 Å². The van der Waals surface area contributed by atoms with Crippen LogP contribution >= 0.6 is 0 Å². The van der Waals surface area contributed by atoms with E-state index in [4.69, 9.17) is 0 Å². The largest absolute Gasteiger partial charge is 0.433 e. The number of rotatable bonds is 2. The molecule has 30 heavy (non-hydrogen) atoms. The number of hydrogen-bond acceptors (Lipinski definition) is 3. The molecule has 1 saturated heterocycles. The fourth-order valence-electron chi connectivity index (χ4n) is 4.06. The molecular weight excluding hydrogens is 395 g/mol. The van der Waals surface area contributed by atoms with Crippen molar-refractivity contribution >= 4 is 27.8 Å². The summed E-state index contributed by atoms with van der Waals surface area (Å²) in [5.41, 5.74) is 1.38. The third kappa shape index (κ3) is 3.20. The number of carbonyl (C=O) groups excluding carboxylic acids is 1. The maximum absolute atomic E-state index is 13.1. The monoisotopic (exact) mass is 413 g/mol. The van der Waals surface area contributed by atoms with Gasteiger partial charge in [0, 0.05) is 30.0 Å². The first kappa shape index (κ1) is 18.7. The number of hydrogen-bond donors (Lipinski definition) is 2. The van der Waals surface area contributed by atoms with Crippen LogP contribution in [0.1, 0.15) is 40.6 Å². The van der Waals surface area contributed by atoms with Gasteiger partial charge in [-0.05, 0) is 43.2 Å². The molecule has 2 aromatic heterocycles. The van der Waals surface area contributed by atoms with Gasteiger partial charge in [0.1, 0.15) is 11.5 Å². The van der Waals surface area contributed by atoms with E-state index in [1.165, 1.54) is 18.2 Å². The van der Waals surface area contributed by atoms with Crippen LogP contribution in [0.5, 0.6) is 0 Å². The first-order valence-electron chi connectivity index (χ1n) is 9.69. The highest BCUT2D eigenvalue weighted by atomic mass is 19.4. The maximum atomic E-state index is 13.1. The number of aromatic amines is 2. The van der Waals surface area contributed by atoms with Crippen LogP contribution < -0.4 is 0 Å². The fourth-order valence-corrected chi connectivity index (χ4v) is 4.06. The number of nitrogens with one attached hydrogen (secondary N) is 2. The predicted molar refractivity (Wildman–Crippen MR) is 105 cm³/mol. The highest BCUT2D eigenvalue weighted by molar-refractivity contribution is 5.98. The topological polar surface area (TPSA) is 77.7 Å². The van der Waals surface area contributed by atoms with E-state index < -0.39 is 11.9 Å². The Labute approximate surface area is 169 Å². The molecule has 0 unspecified atom stereocenters. The van der Waals surface area contributed by atoms with Crippen LogP contribution in [0, 0.1) is 0 Å². The molecular formula is C21H18F3N5O. The lowest BCUT2D eigenvalue weighted by molar-refractivity contribution is -0.139. The Morgan fingerprint density at radius 1 is 1.07 bits per heavy atom. The van der Waals surface area contributed by atoms with Crippen LogP contribution in [0.2, 0.25) is 0 Å². The van der Waals surface area contributed by atoms with Gasteiger partial charge in [-0.25, -0.2) is 4.98 Å². The summed E-state index contributed by atoms with van der Waals surface area (Å²) in [6.45, 7) is 1.05. The molecule has 154 valence electrons. The molecule has 1 aliphatic heterocycles. The summed E-state index contributed by atoms with van der Waals surface area (Å²) in [6, 6.07) is 12.1. The van der Waals surface area contributed by atoms with Crippen LogP contribution in [0.3, 0.4) is 0 Å². The van der Waals surface area contributed by atoms with Gasteiger partial charge in [0.05, 0.1) is 16.6 Å². The van der Waals surface area contributed by atoms with Crippen molar-refractivity contribution < 1.29 is 18.0 Å². The van der Waals surface area contributed by atoms with Crippen LogP contribution in [0.4, 0.5) is 13.2 Å². The summed E-state index contributed by atoms with van der Waals surface area (Å²) in [5.74, 6) is 0.863. The number of likely N-dealkylation sites (tertiary alicyclic amines) is 1. The van der Waals surface area contributed by atoms with E-state index in [1.54, 1.807) is 4.90 Å². The standard InChI is InChI=1S/C21H18F3N5O/c22-21(23,24)18-14-11-13(5-6-15(14)27-28-18)20(30)29-9-7-12(8-10-29)19-25-16-3-1-2-4-17(16)26-19/h1-6,11-12H,7-10H2,(H,25,26)(H,27,28). The number of aromatic nitrogens is 4. The van der Waals surface area contributed by atoms with E-state index in [0.29, 0.717) is 13.1 Å². The molecule has 2 N–H and O–H groups in total. The number of halogens is 3. The van der Waals surface area contributed by atoms with Crippen molar-refractivity contribution in [3.05, 3.63) is 59.5 Å². The molecule has 6 nitrogen and oxygen atoms in total. The number of alkyl halides is 3. The summed E-state index contributed by atoms with van der Waals surface area (Å²) in [6.07, 6.45) is -3.07. The first-order valence-corrected chi connectivity index (χ1v) is 9.69. The van der Waals surface area contributed by atoms with Gasteiger partial charge in [-0.15, -0.1) is 0 Å². The van der Waals surface area contributed by atoms with Crippen LogP contribution in [0.25, 0.3) is 21.9 Å². The van der Waals surface area contributed by atoms with E-state index >= 15 is 0 Å². The summed E-state index contributed by atoms with van der Waals surface area (Å²) in [5, 5.41) is 5.61. The highest BCUT2D eigenvalue weighted by Crippen LogP contribution is 2.34. The first-order chi connectivity index (χ1) is 14.4. The minimum Gasteiger partial charge on any atom is -0.342 e. The molecule has 0 spiro atoms. The Kier molecular flexibility index (Phi) is 4.27. The van der Waals surface area contributed by atoms with Crippen LogP contribution in [-0.2, 0) is 6.18 Å². The minimum absolute atomic E-state index is 0.0921. The predicted octanol–water partition coefficient (Wildman–Crippen LogP) is 4.48. The van der Waals surface area contributed by atoms with Crippen molar-refractivity contribution in [1.29, 1.82) is 0 Å². The van der Waals surface area contributed by atoms with Crippen molar-refractivity contribution in [3.63, 3.8) is 0 Å².